The van der Waals surface area contributed by atoms with Crippen LogP contribution in [0.25, 0.3) is 0 Å². The minimum Gasteiger partial charge on any atom is -0.0685 e. The van der Waals surface area contributed by atoms with Crippen molar-refractivity contribution in [2.45, 2.75) is 6.92 Å². The van der Waals surface area contributed by atoms with Crippen LogP contribution in [0, 0.1) is 30.6 Å². The first-order valence-electron chi connectivity index (χ1n) is 1.60. The van der Waals surface area contributed by atoms with E-state index in [1.165, 1.54) is 0 Å². The van der Waals surface area contributed by atoms with Gasteiger partial charge in [0.05, 0.1) is 6.92 Å². The molecule has 0 rings (SSSR count). The lowest BCUT2D eigenvalue weighted by molar-refractivity contribution is 1.92. The van der Waals surface area contributed by atoms with E-state index in [-0.39, 0.29) is 0 Å². The Morgan fingerprint density at radius 1 is 1.33 bits per heavy atom. The zero-order valence-corrected chi connectivity index (χ0v) is 3.71. The van der Waals surface area contributed by atoms with Crippen molar-refractivity contribution in [3.63, 3.8) is 0 Å². The van der Waals surface area contributed by atoms with E-state index in [2.05, 4.69) is 30.6 Å². The van der Waals surface area contributed by atoms with E-state index in [9.17, 15) is 0 Å². The van der Waals surface area contributed by atoms with Crippen molar-refractivity contribution < 1.29 is 0 Å². The van der Waals surface area contributed by atoms with Gasteiger partial charge < -0.3 is 0 Å². The predicted molar refractivity (Wildman–Crippen MR) is 26.6 cm³/mol. The van der Waals surface area contributed by atoms with Crippen LogP contribution in [0.2, 0.25) is 0 Å². The van der Waals surface area contributed by atoms with Crippen LogP contribution in [0.15, 0.2) is 0 Å². The average Bonchev–Trinajstić information content (AvgIpc) is 1.61. The van der Waals surface area contributed by atoms with Crippen molar-refractivity contribution >= 4 is 0 Å². The van der Waals surface area contributed by atoms with E-state index in [0.717, 1.165) is 0 Å². The maximum Gasteiger partial charge on any atom is 0.216 e. The quantitative estimate of drug-likeness (QED) is 0.297. The first-order valence-corrected chi connectivity index (χ1v) is 1.60. The summed E-state index contributed by atoms with van der Waals surface area (Å²) < 4.78 is 0. The average molecular weight is 77.1 g/mol. The van der Waals surface area contributed by atoms with Gasteiger partial charge in [-0.05, 0) is 0 Å². The Kier molecular flexibility index (Phi) is 3.32. The van der Waals surface area contributed by atoms with E-state index in [1.807, 2.05) is 0 Å². The van der Waals surface area contributed by atoms with E-state index in [1.54, 1.807) is 6.92 Å². The Morgan fingerprint density at radius 2 is 2.00 bits per heavy atom. The molecular formula is C6H5+. The maximum atomic E-state index is 3.26. The summed E-state index contributed by atoms with van der Waals surface area (Å²) in [6.07, 6.45) is 0. The van der Waals surface area contributed by atoms with Crippen molar-refractivity contribution in [2.24, 2.45) is 0 Å². The third kappa shape index (κ3) is 2.99. The number of rotatable bonds is 0. The first-order chi connectivity index (χ1) is 2.91. The van der Waals surface area contributed by atoms with Gasteiger partial charge in [-0.15, -0.1) is 0 Å². The lowest BCUT2D eigenvalue weighted by Gasteiger charge is -1.36. The molecule has 0 atom stereocenters. The van der Waals surface area contributed by atoms with Gasteiger partial charge in [0.1, 0.15) is 5.92 Å². The highest BCUT2D eigenvalue weighted by Gasteiger charge is 1.57. The van der Waals surface area contributed by atoms with E-state index in [4.69, 9.17) is 0 Å². The van der Waals surface area contributed by atoms with Crippen molar-refractivity contribution in [2.75, 3.05) is 0 Å². The van der Waals surface area contributed by atoms with Crippen LogP contribution in [0.4, 0.5) is 0 Å². The fourth-order valence-corrected chi connectivity index (χ4v) is 0.107. The van der Waals surface area contributed by atoms with Crippen LogP contribution >= 0.6 is 0 Å². The third-order valence-electron chi connectivity index (χ3n) is 0.276. The summed E-state index contributed by atoms with van der Waals surface area (Å²) >= 11 is 0. The molecule has 0 aromatic rings. The van der Waals surface area contributed by atoms with E-state index < -0.39 is 0 Å². The number of hydrogen-bond donors (Lipinski definition) is 0. The third-order valence-corrected chi connectivity index (χ3v) is 0.276. The number of hydrogen-bond acceptors (Lipinski definition) is 0. The van der Waals surface area contributed by atoms with Crippen LogP contribution in [0.1, 0.15) is 6.92 Å². The molecule has 28 valence electrons. The van der Waals surface area contributed by atoms with Crippen LogP contribution in [-0.4, -0.2) is 0 Å². The van der Waals surface area contributed by atoms with Gasteiger partial charge in [-0.1, -0.05) is 5.92 Å². The summed E-state index contributed by atoms with van der Waals surface area (Å²) in [6.45, 7) is 5.00. The Balaban J connectivity index is 3.43. The molecular weight excluding hydrogens is 72.1 g/mol. The second-order valence-corrected chi connectivity index (χ2v) is 0.677. The molecule has 0 aromatic heterocycles. The molecule has 0 aliphatic carbocycles. The van der Waals surface area contributed by atoms with Crippen molar-refractivity contribution in [1.82, 2.24) is 0 Å². The van der Waals surface area contributed by atoms with Crippen LogP contribution < -0.4 is 0 Å². The minimum atomic E-state index is 1.74. The molecule has 0 N–H and O–H groups in total. The SMILES string of the molecule is [CH2+]C#CC#CC. The highest BCUT2D eigenvalue weighted by atomic mass is 13.5. The molecule has 0 saturated heterocycles. The van der Waals surface area contributed by atoms with Gasteiger partial charge in [0.25, 0.3) is 0 Å². The summed E-state index contributed by atoms with van der Waals surface area (Å²) in [4.78, 5) is 0. The second kappa shape index (κ2) is 3.99. The largest absolute Gasteiger partial charge is 0.216 e. The molecule has 0 aromatic carbocycles. The van der Waals surface area contributed by atoms with Gasteiger partial charge in [0.2, 0.25) is 5.92 Å². The summed E-state index contributed by atoms with van der Waals surface area (Å²) in [7, 11) is 0. The van der Waals surface area contributed by atoms with Gasteiger partial charge in [-0.3, -0.25) is 0 Å². The van der Waals surface area contributed by atoms with Crippen molar-refractivity contribution in [1.29, 1.82) is 0 Å². The Labute approximate surface area is 38.6 Å². The normalized spacial score (nSPS) is 3.50. The molecule has 0 bridgehead atoms. The fourth-order valence-electron chi connectivity index (χ4n) is 0.107. The van der Waals surface area contributed by atoms with Crippen LogP contribution in [0.5, 0.6) is 0 Å². The lowest BCUT2D eigenvalue weighted by Crippen LogP contribution is -1.43. The molecule has 6 heavy (non-hydrogen) atoms. The minimum absolute atomic E-state index is 1.74. The van der Waals surface area contributed by atoms with Crippen LogP contribution in [-0.2, 0) is 0 Å². The fraction of sp³-hybridized carbons (Fsp3) is 0.167. The molecule has 0 heterocycles. The van der Waals surface area contributed by atoms with Gasteiger partial charge in [0, 0.05) is 6.92 Å². The smallest absolute Gasteiger partial charge is 0.0685 e. The standard InChI is InChI=1S/C6H5/c1-3-5-6-4-2/h1H2,2H3/q+1. The van der Waals surface area contributed by atoms with Crippen molar-refractivity contribution in [3.8, 4) is 23.7 Å². The Morgan fingerprint density at radius 3 is 2.17 bits per heavy atom. The van der Waals surface area contributed by atoms with Gasteiger partial charge in [0.15, 0.2) is 5.92 Å². The molecule has 0 aliphatic heterocycles. The molecule has 0 radical (unpaired) electrons. The highest BCUT2D eigenvalue weighted by molar-refractivity contribution is 5.25. The molecule has 0 fully saturated rings. The summed E-state index contributed by atoms with van der Waals surface area (Å²) in [5.74, 6) is 10.0. The first kappa shape index (κ1) is 4.99. The predicted octanol–water partition coefficient (Wildman–Crippen LogP) is 0.847. The highest BCUT2D eigenvalue weighted by Crippen LogP contribution is 1.47. The molecule has 0 nitrogen and oxygen atoms in total. The Bertz CT molecular complexity index is 104. The Hall–Kier alpha value is -1.01. The zero-order chi connectivity index (χ0) is 4.83. The van der Waals surface area contributed by atoms with E-state index >= 15 is 0 Å². The van der Waals surface area contributed by atoms with Crippen LogP contribution in [0.3, 0.4) is 0 Å². The van der Waals surface area contributed by atoms with Crippen molar-refractivity contribution in [3.05, 3.63) is 6.92 Å². The topological polar surface area (TPSA) is 0 Å². The molecule has 0 heteroatoms. The molecule has 0 amide bonds. The molecule has 0 aliphatic rings. The lowest BCUT2D eigenvalue weighted by atomic mass is 10.6. The second-order valence-electron chi connectivity index (χ2n) is 0.677. The summed E-state index contributed by atoms with van der Waals surface area (Å²) in [5.41, 5.74) is 0. The van der Waals surface area contributed by atoms with E-state index in [0.29, 0.717) is 0 Å². The van der Waals surface area contributed by atoms with Gasteiger partial charge in [-0.2, -0.15) is 0 Å². The summed E-state index contributed by atoms with van der Waals surface area (Å²) in [6, 6.07) is 0. The van der Waals surface area contributed by atoms with Gasteiger partial charge in [-0.25, -0.2) is 0 Å². The molecule has 0 spiro atoms. The molecule has 0 unspecified atom stereocenters. The monoisotopic (exact) mass is 77.0 g/mol. The zero-order valence-electron chi connectivity index (χ0n) is 3.71. The maximum absolute atomic E-state index is 3.26. The summed E-state index contributed by atoms with van der Waals surface area (Å²) in [5, 5.41) is 0. The van der Waals surface area contributed by atoms with Gasteiger partial charge >= 0.3 is 0 Å². The molecule has 0 saturated carbocycles.